The maximum Gasteiger partial charge on any atom is 0.228 e. The second-order valence-electron chi connectivity index (χ2n) is 4.83. The van der Waals surface area contributed by atoms with Gasteiger partial charge >= 0.3 is 0 Å². The molecule has 0 aromatic heterocycles. The van der Waals surface area contributed by atoms with Crippen molar-refractivity contribution in [1.82, 2.24) is 5.32 Å². The maximum absolute atomic E-state index is 12.2. The first kappa shape index (κ1) is 17.6. The van der Waals surface area contributed by atoms with Crippen LogP contribution in [0.5, 0.6) is 11.5 Å². The van der Waals surface area contributed by atoms with Gasteiger partial charge in [-0.2, -0.15) is 0 Å². The van der Waals surface area contributed by atoms with E-state index in [0.29, 0.717) is 18.1 Å². The molecule has 2 rings (SSSR count). The molecule has 1 aliphatic rings. The summed E-state index contributed by atoms with van der Waals surface area (Å²) in [4.78, 5) is 12.2. The third-order valence-electron chi connectivity index (χ3n) is 3.40. The number of amides is 1. The number of anilines is 1. The predicted octanol–water partition coefficient (Wildman–Crippen LogP) is 2.45. The highest BCUT2D eigenvalue weighted by molar-refractivity contribution is 5.93. The molecule has 1 aromatic carbocycles. The van der Waals surface area contributed by atoms with Gasteiger partial charge in [0.25, 0.3) is 0 Å². The van der Waals surface area contributed by atoms with Crippen molar-refractivity contribution < 1.29 is 14.3 Å². The van der Waals surface area contributed by atoms with Crippen LogP contribution in [0.4, 0.5) is 5.69 Å². The molecule has 21 heavy (non-hydrogen) atoms. The van der Waals surface area contributed by atoms with Crippen molar-refractivity contribution in [3.05, 3.63) is 18.2 Å². The van der Waals surface area contributed by atoms with E-state index in [-0.39, 0.29) is 24.2 Å². The van der Waals surface area contributed by atoms with E-state index < -0.39 is 0 Å². The molecule has 0 spiro atoms. The summed E-state index contributed by atoms with van der Waals surface area (Å²) in [5.41, 5.74) is 0.741. The number of ether oxygens (including phenoxy) is 2. The van der Waals surface area contributed by atoms with Crippen LogP contribution in [0.2, 0.25) is 0 Å². The van der Waals surface area contributed by atoms with Crippen LogP contribution in [0.25, 0.3) is 0 Å². The van der Waals surface area contributed by atoms with E-state index in [9.17, 15) is 4.79 Å². The minimum absolute atomic E-state index is 0. The van der Waals surface area contributed by atoms with Crippen LogP contribution in [0, 0.1) is 5.92 Å². The van der Waals surface area contributed by atoms with E-state index >= 15 is 0 Å². The van der Waals surface area contributed by atoms with Crippen LogP contribution < -0.4 is 20.1 Å². The molecule has 0 saturated carbocycles. The van der Waals surface area contributed by atoms with Gasteiger partial charge in [-0.1, -0.05) is 0 Å². The SMILES string of the molecule is CCOc1cc(NC(=O)C2CCCNC2)ccc1OC.Cl. The largest absolute Gasteiger partial charge is 0.493 e. The Morgan fingerprint density at radius 3 is 2.86 bits per heavy atom. The zero-order valence-electron chi connectivity index (χ0n) is 12.5. The van der Waals surface area contributed by atoms with Crippen molar-refractivity contribution in [2.24, 2.45) is 5.92 Å². The molecule has 1 heterocycles. The van der Waals surface area contributed by atoms with Gasteiger partial charge in [-0.15, -0.1) is 12.4 Å². The highest BCUT2D eigenvalue weighted by Crippen LogP contribution is 2.30. The summed E-state index contributed by atoms with van der Waals surface area (Å²) >= 11 is 0. The fourth-order valence-electron chi connectivity index (χ4n) is 2.34. The molecule has 1 saturated heterocycles. The van der Waals surface area contributed by atoms with Gasteiger partial charge in [0.15, 0.2) is 11.5 Å². The molecule has 6 heteroatoms. The lowest BCUT2D eigenvalue weighted by Crippen LogP contribution is -2.37. The minimum atomic E-state index is 0. The first-order chi connectivity index (χ1) is 9.74. The van der Waals surface area contributed by atoms with Crippen LogP contribution in [-0.2, 0) is 4.79 Å². The Hall–Kier alpha value is -1.46. The summed E-state index contributed by atoms with van der Waals surface area (Å²) in [5, 5.41) is 6.19. The molecule has 118 valence electrons. The van der Waals surface area contributed by atoms with Crippen molar-refractivity contribution in [3.8, 4) is 11.5 Å². The summed E-state index contributed by atoms with van der Waals surface area (Å²) in [7, 11) is 1.60. The van der Waals surface area contributed by atoms with Crippen LogP contribution in [0.1, 0.15) is 19.8 Å². The Morgan fingerprint density at radius 2 is 2.24 bits per heavy atom. The van der Waals surface area contributed by atoms with Gasteiger partial charge in [0, 0.05) is 18.3 Å². The van der Waals surface area contributed by atoms with Gasteiger partial charge < -0.3 is 20.1 Å². The topological polar surface area (TPSA) is 59.6 Å². The van der Waals surface area contributed by atoms with E-state index in [2.05, 4.69) is 10.6 Å². The van der Waals surface area contributed by atoms with Crippen LogP contribution in [-0.4, -0.2) is 32.7 Å². The first-order valence-electron chi connectivity index (χ1n) is 7.07. The number of rotatable bonds is 5. The van der Waals surface area contributed by atoms with Gasteiger partial charge in [0.05, 0.1) is 19.6 Å². The molecule has 1 atom stereocenters. The standard InChI is InChI=1S/C15H22N2O3.ClH/c1-3-20-14-9-12(6-7-13(14)19-2)17-15(18)11-5-4-8-16-10-11;/h6-7,9,11,16H,3-5,8,10H2,1-2H3,(H,17,18);1H. The number of hydrogen-bond donors (Lipinski definition) is 2. The number of carbonyl (C=O) groups is 1. The summed E-state index contributed by atoms with van der Waals surface area (Å²) < 4.78 is 10.7. The summed E-state index contributed by atoms with van der Waals surface area (Å²) in [5.74, 6) is 1.42. The summed E-state index contributed by atoms with van der Waals surface area (Å²) in [6.07, 6.45) is 1.98. The molecule has 0 aliphatic carbocycles. The fourth-order valence-corrected chi connectivity index (χ4v) is 2.34. The molecule has 2 N–H and O–H groups in total. The van der Waals surface area contributed by atoms with Gasteiger partial charge in [0.2, 0.25) is 5.91 Å². The molecule has 5 nitrogen and oxygen atoms in total. The Bertz CT molecular complexity index is 462. The van der Waals surface area contributed by atoms with Gasteiger partial charge in [-0.05, 0) is 38.4 Å². The highest BCUT2D eigenvalue weighted by atomic mass is 35.5. The maximum atomic E-state index is 12.2. The predicted molar refractivity (Wildman–Crippen MR) is 85.6 cm³/mol. The van der Waals surface area contributed by atoms with Gasteiger partial charge in [-0.3, -0.25) is 4.79 Å². The number of benzene rings is 1. The molecule has 1 aliphatic heterocycles. The average Bonchev–Trinajstić information content (AvgIpc) is 2.49. The average molecular weight is 315 g/mol. The Labute approximate surface area is 131 Å². The van der Waals surface area contributed by atoms with Crippen molar-refractivity contribution >= 4 is 24.0 Å². The lowest BCUT2D eigenvalue weighted by Gasteiger charge is -2.22. The normalized spacial score (nSPS) is 17.5. The number of carbonyl (C=O) groups excluding carboxylic acids is 1. The third kappa shape index (κ3) is 4.79. The summed E-state index contributed by atoms with van der Waals surface area (Å²) in [6.45, 7) is 4.22. The molecule has 0 bridgehead atoms. The number of halogens is 1. The van der Waals surface area contributed by atoms with Crippen LogP contribution in [0.3, 0.4) is 0 Å². The first-order valence-corrected chi connectivity index (χ1v) is 7.07. The zero-order chi connectivity index (χ0) is 14.4. The van der Waals surface area contributed by atoms with E-state index in [0.717, 1.165) is 31.6 Å². The molecule has 1 fully saturated rings. The van der Waals surface area contributed by atoms with Crippen LogP contribution >= 0.6 is 12.4 Å². The fraction of sp³-hybridized carbons (Fsp3) is 0.533. The van der Waals surface area contributed by atoms with E-state index in [4.69, 9.17) is 9.47 Å². The molecule has 1 amide bonds. The van der Waals surface area contributed by atoms with Gasteiger partial charge in [0.1, 0.15) is 0 Å². The van der Waals surface area contributed by atoms with Gasteiger partial charge in [-0.25, -0.2) is 0 Å². The Kier molecular flexibility index (Phi) is 7.32. The minimum Gasteiger partial charge on any atom is -0.493 e. The highest BCUT2D eigenvalue weighted by Gasteiger charge is 2.21. The molecular weight excluding hydrogens is 292 g/mol. The second-order valence-corrected chi connectivity index (χ2v) is 4.83. The molecule has 1 aromatic rings. The van der Waals surface area contributed by atoms with Crippen molar-refractivity contribution in [2.45, 2.75) is 19.8 Å². The summed E-state index contributed by atoms with van der Waals surface area (Å²) in [6, 6.07) is 5.44. The quantitative estimate of drug-likeness (QED) is 0.876. The zero-order valence-corrected chi connectivity index (χ0v) is 13.3. The van der Waals surface area contributed by atoms with Crippen molar-refractivity contribution in [1.29, 1.82) is 0 Å². The third-order valence-corrected chi connectivity index (χ3v) is 3.40. The van der Waals surface area contributed by atoms with E-state index in [1.807, 2.05) is 13.0 Å². The number of piperidine rings is 1. The second kappa shape index (κ2) is 8.74. The molecule has 1 unspecified atom stereocenters. The monoisotopic (exact) mass is 314 g/mol. The lowest BCUT2D eigenvalue weighted by molar-refractivity contribution is -0.120. The number of methoxy groups -OCH3 is 1. The Morgan fingerprint density at radius 1 is 1.43 bits per heavy atom. The lowest BCUT2D eigenvalue weighted by atomic mass is 9.99. The molecule has 0 radical (unpaired) electrons. The van der Waals surface area contributed by atoms with E-state index in [1.54, 1.807) is 19.2 Å². The van der Waals surface area contributed by atoms with E-state index in [1.165, 1.54) is 0 Å². The van der Waals surface area contributed by atoms with Crippen LogP contribution in [0.15, 0.2) is 18.2 Å². The number of nitrogens with one attached hydrogen (secondary N) is 2. The van der Waals surface area contributed by atoms with Crippen molar-refractivity contribution in [3.63, 3.8) is 0 Å². The molecular formula is C15H23ClN2O3. The Balaban J connectivity index is 0.00000220. The smallest absolute Gasteiger partial charge is 0.228 e. The number of hydrogen-bond acceptors (Lipinski definition) is 4. The van der Waals surface area contributed by atoms with Crippen molar-refractivity contribution in [2.75, 3.05) is 32.1 Å².